The average Bonchev–Trinajstić information content (AvgIpc) is 3.16. The zero-order valence-electron chi connectivity index (χ0n) is 14.4. The maximum atomic E-state index is 12.0. The molecule has 0 fully saturated rings. The molecule has 0 aliphatic heterocycles. The summed E-state index contributed by atoms with van der Waals surface area (Å²) in [6, 6.07) is 16.5. The molecule has 3 aromatic rings. The molecule has 0 saturated carbocycles. The number of nitrogens with one attached hydrogen (secondary N) is 1. The molecule has 0 spiro atoms. The smallest absolute Gasteiger partial charge is 0.270 e. The topological polar surface area (TPSA) is 94.6 Å². The number of nitro groups is 1. The van der Waals surface area contributed by atoms with Gasteiger partial charge in [0.05, 0.1) is 12.0 Å². The Morgan fingerprint density at radius 3 is 2.63 bits per heavy atom. The minimum Gasteiger partial charge on any atom is -0.497 e. The fraction of sp³-hybridized carbons (Fsp3) is 0.0500. The summed E-state index contributed by atoms with van der Waals surface area (Å²) in [5.41, 5.74) is 1.22. The minimum atomic E-state index is -0.462. The lowest BCUT2D eigenvalue weighted by Crippen LogP contribution is -2.07. The van der Waals surface area contributed by atoms with Crippen molar-refractivity contribution in [2.75, 3.05) is 12.4 Å². The van der Waals surface area contributed by atoms with Gasteiger partial charge < -0.3 is 14.5 Å². The van der Waals surface area contributed by atoms with Gasteiger partial charge in [0.25, 0.3) is 5.69 Å². The van der Waals surface area contributed by atoms with E-state index < -0.39 is 4.92 Å². The van der Waals surface area contributed by atoms with Crippen LogP contribution >= 0.6 is 0 Å². The number of anilines is 1. The van der Waals surface area contributed by atoms with Crippen LogP contribution in [0.3, 0.4) is 0 Å². The zero-order chi connectivity index (χ0) is 19.2. The molecule has 3 rings (SSSR count). The number of nitrogens with zero attached hydrogens (tertiary/aromatic N) is 1. The standard InChI is InChI=1S/C20H16N2O5/c1-26-17-7-5-15(6-8-17)21-20(23)12-10-18-9-11-19(27-18)14-3-2-4-16(13-14)22(24)25/h2-13H,1H3,(H,21,23). The largest absolute Gasteiger partial charge is 0.497 e. The number of rotatable bonds is 6. The molecule has 0 unspecified atom stereocenters. The van der Waals surface area contributed by atoms with E-state index in [9.17, 15) is 14.9 Å². The number of non-ortho nitro benzene ring substituents is 1. The number of furan rings is 1. The molecular formula is C20H16N2O5. The van der Waals surface area contributed by atoms with E-state index in [0.717, 1.165) is 0 Å². The number of ether oxygens (including phenoxy) is 1. The summed E-state index contributed by atoms with van der Waals surface area (Å²) in [5.74, 6) is 1.33. The lowest BCUT2D eigenvalue weighted by atomic mass is 10.1. The highest BCUT2D eigenvalue weighted by atomic mass is 16.6. The van der Waals surface area contributed by atoms with Crippen molar-refractivity contribution in [3.63, 3.8) is 0 Å². The number of methoxy groups -OCH3 is 1. The van der Waals surface area contributed by atoms with E-state index in [0.29, 0.717) is 28.5 Å². The monoisotopic (exact) mass is 364 g/mol. The molecule has 136 valence electrons. The molecule has 7 heteroatoms. The third kappa shape index (κ3) is 4.60. The summed E-state index contributed by atoms with van der Waals surface area (Å²) in [6.07, 6.45) is 2.87. The van der Waals surface area contributed by atoms with Crippen LogP contribution in [-0.2, 0) is 4.79 Å². The van der Waals surface area contributed by atoms with Crippen LogP contribution in [0.4, 0.5) is 11.4 Å². The minimum absolute atomic E-state index is 0.0140. The van der Waals surface area contributed by atoms with Crippen LogP contribution in [0.25, 0.3) is 17.4 Å². The first-order valence-electron chi connectivity index (χ1n) is 8.03. The zero-order valence-corrected chi connectivity index (χ0v) is 14.4. The van der Waals surface area contributed by atoms with Gasteiger partial charge >= 0.3 is 0 Å². The van der Waals surface area contributed by atoms with Gasteiger partial charge in [-0.3, -0.25) is 14.9 Å². The van der Waals surface area contributed by atoms with Gasteiger partial charge in [-0.25, -0.2) is 0 Å². The van der Waals surface area contributed by atoms with E-state index in [4.69, 9.17) is 9.15 Å². The predicted octanol–water partition coefficient (Wildman–Crippen LogP) is 4.52. The van der Waals surface area contributed by atoms with Crippen LogP contribution in [0.5, 0.6) is 5.75 Å². The third-order valence-electron chi connectivity index (χ3n) is 3.72. The summed E-state index contributed by atoms with van der Waals surface area (Å²) in [5, 5.41) is 13.6. The summed E-state index contributed by atoms with van der Waals surface area (Å²) >= 11 is 0. The van der Waals surface area contributed by atoms with Crippen LogP contribution in [0, 0.1) is 10.1 Å². The molecule has 0 bridgehead atoms. The van der Waals surface area contributed by atoms with Gasteiger partial charge in [0.2, 0.25) is 5.91 Å². The average molecular weight is 364 g/mol. The first kappa shape index (κ1) is 17.9. The fourth-order valence-electron chi connectivity index (χ4n) is 2.39. The van der Waals surface area contributed by atoms with Gasteiger partial charge in [-0.15, -0.1) is 0 Å². The lowest BCUT2D eigenvalue weighted by Gasteiger charge is -2.03. The van der Waals surface area contributed by atoms with E-state index in [1.165, 1.54) is 24.3 Å². The summed E-state index contributed by atoms with van der Waals surface area (Å²) in [4.78, 5) is 22.4. The molecule has 1 aromatic heterocycles. The van der Waals surface area contributed by atoms with E-state index in [1.807, 2.05) is 0 Å². The third-order valence-corrected chi connectivity index (χ3v) is 3.72. The van der Waals surface area contributed by atoms with Gasteiger partial charge in [0, 0.05) is 29.5 Å². The van der Waals surface area contributed by atoms with Crippen molar-refractivity contribution >= 4 is 23.4 Å². The van der Waals surface area contributed by atoms with Crippen molar-refractivity contribution in [2.45, 2.75) is 0 Å². The second-order valence-corrected chi connectivity index (χ2v) is 5.56. The van der Waals surface area contributed by atoms with E-state index in [2.05, 4.69) is 5.32 Å². The van der Waals surface area contributed by atoms with E-state index in [1.54, 1.807) is 55.6 Å². The molecule has 1 N–H and O–H groups in total. The molecule has 0 aliphatic rings. The number of hydrogen-bond donors (Lipinski definition) is 1. The van der Waals surface area contributed by atoms with Crippen molar-refractivity contribution < 1.29 is 18.9 Å². The first-order chi connectivity index (χ1) is 13.0. The molecule has 1 amide bonds. The van der Waals surface area contributed by atoms with Crippen molar-refractivity contribution in [1.82, 2.24) is 0 Å². The van der Waals surface area contributed by atoms with Crippen LogP contribution < -0.4 is 10.1 Å². The highest BCUT2D eigenvalue weighted by Gasteiger charge is 2.09. The van der Waals surface area contributed by atoms with Crippen molar-refractivity contribution in [3.05, 3.63) is 82.6 Å². The van der Waals surface area contributed by atoms with Crippen LogP contribution in [0.15, 0.2) is 71.2 Å². The van der Waals surface area contributed by atoms with Crippen LogP contribution in [0.1, 0.15) is 5.76 Å². The maximum absolute atomic E-state index is 12.0. The van der Waals surface area contributed by atoms with Crippen molar-refractivity contribution in [2.24, 2.45) is 0 Å². The van der Waals surface area contributed by atoms with Gasteiger partial charge in [0.1, 0.15) is 17.3 Å². The molecule has 0 atom stereocenters. The van der Waals surface area contributed by atoms with Crippen molar-refractivity contribution in [3.8, 4) is 17.1 Å². The predicted molar refractivity (Wildman–Crippen MR) is 101 cm³/mol. The van der Waals surface area contributed by atoms with Gasteiger partial charge in [-0.05, 0) is 42.5 Å². The highest BCUT2D eigenvalue weighted by Crippen LogP contribution is 2.26. The Hall–Kier alpha value is -3.87. The Morgan fingerprint density at radius 2 is 1.93 bits per heavy atom. The van der Waals surface area contributed by atoms with Crippen LogP contribution in [-0.4, -0.2) is 17.9 Å². The van der Waals surface area contributed by atoms with Gasteiger partial charge in [-0.2, -0.15) is 0 Å². The molecule has 0 radical (unpaired) electrons. The quantitative estimate of drug-likeness (QED) is 0.394. The second-order valence-electron chi connectivity index (χ2n) is 5.56. The SMILES string of the molecule is COc1ccc(NC(=O)C=Cc2ccc(-c3cccc([N+](=O)[O-])c3)o2)cc1. The number of amides is 1. The fourth-order valence-corrected chi connectivity index (χ4v) is 2.39. The highest BCUT2D eigenvalue weighted by molar-refractivity contribution is 6.01. The molecule has 2 aromatic carbocycles. The summed E-state index contributed by atoms with van der Waals surface area (Å²) < 4.78 is 10.7. The van der Waals surface area contributed by atoms with Gasteiger partial charge in [0.15, 0.2) is 0 Å². The summed E-state index contributed by atoms with van der Waals surface area (Å²) in [6.45, 7) is 0. The molecular weight excluding hydrogens is 348 g/mol. The number of carbonyl (C=O) groups excluding carboxylic acids is 1. The lowest BCUT2D eigenvalue weighted by molar-refractivity contribution is -0.384. The Labute approximate surface area is 155 Å². The Morgan fingerprint density at radius 1 is 1.15 bits per heavy atom. The van der Waals surface area contributed by atoms with Crippen molar-refractivity contribution in [1.29, 1.82) is 0 Å². The molecule has 1 heterocycles. The normalized spacial score (nSPS) is 10.7. The summed E-state index contributed by atoms with van der Waals surface area (Å²) in [7, 11) is 1.57. The van der Waals surface area contributed by atoms with E-state index in [-0.39, 0.29) is 11.6 Å². The molecule has 0 aliphatic carbocycles. The number of carbonyl (C=O) groups is 1. The number of benzene rings is 2. The Bertz CT molecular complexity index is 990. The molecule has 7 nitrogen and oxygen atoms in total. The van der Waals surface area contributed by atoms with Gasteiger partial charge in [-0.1, -0.05) is 12.1 Å². The Balaban J connectivity index is 1.66. The maximum Gasteiger partial charge on any atom is 0.270 e. The first-order valence-corrected chi connectivity index (χ1v) is 8.03. The number of nitro benzene ring substituents is 1. The number of hydrogen-bond acceptors (Lipinski definition) is 5. The molecule has 27 heavy (non-hydrogen) atoms. The Kier molecular flexibility index (Phi) is 5.32. The molecule has 0 saturated heterocycles. The second kappa shape index (κ2) is 8.01. The van der Waals surface area contributed by atoms with E-state index >= 15 is 0 Å². The van der Waals surface area contributed by atoms with Crippen LogP contribution in [0.2, 0.25) is 0 Å².